The molecule has 136 valence electrons. The molecule has 0 bridgehead atoms. The van der Waals surface area contributed by atoms with Crippen molar-refractivity contribution in [2.45, 2.75) is 12.8 Å². The summed E-state index contributed by atoms with van der Waals surface area (Å²) in [6.45, 7) is 0.726. The lowest BCUT2D eigenvalue weighted by Gasteiger charge is -2.33. The monoisotopic (exact) mass is 349 g/mol. The highest BCUT2D eigenvalue weighted by atomic mass is 16.5. The van der Waals surface area contributed by atoms with E-state index in [0.29, 0.717) is 37.4 Å². The van der Waals surface area contributed by atoms with Crippen molar-refractivity contribution < 1.29 is 24.2 Å². The molecule has 0 spiro atoms. The van der Waals surface area contributed by atoms with Gasteiger partial charge in [0.2, 0.25) is 5.91 Å². The number of nitrogens with zero attached hydrogens (tertiary/aromatic N) is 2. The molecule has 0 aromatic heterocycles. The van der Waals surface area contributed by atoms with Crippen molar-refractivity contribution in [2.75, 3.05) is 39.1 Å². The third-order valence-corrected chi connectivity index (χ3v) is 4.00. The molecule has 0 unspecified atom stereocenters. The standard InChI is InChI=1S/C17H23N3O5/c1-19(2)17(24)20-9-7-12(8-10-20)16(23)18-13-3-5-14(6-4-13)25-11-15(21)22/h3-6,12H,7-11H2,1-2H3,(H,18,23)(H,21,22). The summed E-state index contributed by atoms with van der Waals surface area (Å²) in [5.41, 5.74) is 0.625. The van der Waals surface area contributed by atoms with Crippen LogP contribution in [0, 0.1) is 5.92 Å². The number of piperidine rings is 1. The van der Waals surface area contributed by atoms with Crippen molar-refractivity contribution in [1.82, 2.24) is 9.80 Å². The minimum atomic E-state index is -1.04. The van der Waals surface area contributed by atoms with Gasteiger partial charge in [0.05, 0.1) is 0 Å². The van der Waals surface area contributed by atoms with Crippen LogP contribution in [0.15, 0.2) is 24.3 Å². The van der Waals surface area contributed by atoms with E-state index in [0.717, 1.165) is 0 Å². The Hall–Kier alpha value is -2.77. The molecule has 0 radical (unpaired) electrons. The molecule has 8 nitrogen and oxygen atoms in total. The predicted octanol–water partition coefficient (Wildman–Crippen LogP) is 1.48. The Morgan fingerprint density at radius 1 is 1.20 bits per heavy atom. The summed E-state index contributed by atoms with van der Waals surface area (Å²) in [7, 11) is 3.43. The molecular weight excluding hydrogens is 326 g/mol. The van der Waals surface area contributed by atoms with E-state index in [9.17, 15) is 14.4 Å². The lowest BCUT2D eigenvalue weighted by Crippen LogP contribution is -2.45. The van der Waals surface area contributed by atoms with Crippen LogP contribution in [0.25, 0.3) is 0 Å². The van der Waals surface area contributed by atoms with Gasteiger partial charge in [-0.1, -0.05) is 0 Å². The number of likely N-dealkylation sites (tertiary alicyclic amines) is 1. The van der Waals surface area contributed by atoms with Crippen LogP contribution in [-0.4, -0.2) is 66.6 Å². The number of nitrogens with one attached hydrogen (secondary N) is 1. The number of anilines is 1. The lowest BCUT2D eigenvalue weighted by atomic mass is 9.96. The number of benzene rings is 1. The van der Waals surface area contributed by atoms with Crippen LogP contribution in [0.3, 0.4) is 0 Å². The summed E-state index contributed by atoms with van der Waals surface area (Å²) in [6.07, 6.45) is 1.26. The number of hydrogen-bond acceptors (Lipinski definition) is 4. The molecule has 1 aromatic rings. The highest BCUT2D eigenvalue weighted by molar-refractivity contribution is 5.92. The topological polar surface area (TPSA) is 99.2 Å². The first-order valence-corrected chi connectivity index (χ1v) is 8.08. The fraction of sp³-hybridized carbons (Fsp3) is 0.471. The molecule has 25 heavy (non-hydrogen) atoms. The smallest absolute Gasteiger partial charge is 0.341 e. The highest BCUT2D eigenvalue weighted by Gasteiger charge is 2.27. The van der Waals surface area contributed by atoms with Gasteiger partial charge < -0.3 is 25.0 Å². The largest absolute Gasteiger partial charge is 0.482 e. The second kappa shape index (κ2) is 8.36. The van der Waals surface area contributed by atoms with Crippen LogP contribution in [0.2, 0.25) is 0 Å². The number of hydrogen-bond donors (Lipinski definition) is 2. The zero-order valence-corrected chi connectivity index (χ0v) is 14.4. The molecular formula is C17H23N3O5. The Balaban J connectivity index is 1.82. The molecule has 0 aliphatic carbocycles. The zero-order valence-electron chi connectivity index (χ0n) is 14.4. The van der Waals surface area contributed by atoms with Crippen molar-refractivity contribution in [1.29, 1.82) is 0 Å². The van der Waals surface area contributed by atoms with E-state index < -0.39 is 12.6 Å². The average molecular weight is 349 g/mol. The number of aliphatic carboxylic acids is 1. The first-order chi connectivity index (χ1) is 11.9. The Morgan fingerprint density at radius 2 is 1.80 bits per heavy atom. The first kappa shape index (κ1) is 18.6. The first-order valence-electron chi connectivity index (χ1n) is 8.08. The van der Waals surface area contributed by atoms with Crippen molar-refractivity contribution in [3.8, 4) is 5.75 Å². The van der Waals surface area contributed by atoms with Crippen LogP contribution >= 0.6 is 0 Å². The molecule has 0 atom stereocenters. The lowest BCUT2D eigenvalue weighted by molar-refractivity contribution is -0.139. The average Bonchev–Trinajstić information content (AvgIpc) is 2.60. The Labute approximate surface area is 146 Å². The summed E-state index contributed by atoms with van der Waals surface area (Å²) in [5.74, 6) is -0.822. The molecule has 1 aliphatic rings. The van der Waals surface area contributed by atoms with E-state index >= 15 is 0 Å². The van der Waals surface area contributed by atoms with Gasteiger partial charge in [0.25, 0.3) is 0 Å². The number of rotatable bonds is 5. The minimum absolute atomic E-state index is 0.0317. The van der Waals surface area contributed by atoms with Gasteiger partial charge in [0.1, 0.15) is 5.75 Å². The summed E-state index contributed by atoms with van der Waals surface area (Å²) in [6, 6.07) is 6.52. The maximum atomic E-state index is 12.3. The number of ether oxygens (including phenoxy) is 1. The molecule has 1 heterocycles. The van der Waals surface area contributed by atoms with Crippen molar-refractivity contribution in [2.24, 2.45) is 5.92 Å². The second-order valence-electron chi connectivity index (χ2n) is 6.13. The third kappa shape index (κ3) is 5.37. The number of urea groups is 1. The minimum Gasteiger partial charge on any atom is -0.482 e. The van der Waals surface area contributed by atoms with Gasteiger partial charge in [-0.15, -0.1) is 0 Å². The molecule has 1 fully saturated rings. The van der Waals surface area contributed by atoms with E-state index in [4.69, 9.17) is 9.84 Å². The van der Waals surface area contributed by atoms with E-state index in [2.05, 4.69) is 5.32 Å². The van der Waals surface area contributed by atoms with E-state index in [1.165, 1.54) is 4.90 Å². The summed E-state index contributed by atoms with van der Waals surface area (Å²) >= 11 is 0. The molecule has 1 saturated heterocycles. The third-order valence-electron chi connectivity index (χ3n) is 4.00. The van der Waals surface area contributed by atoms with Gasteiger partial charge in [-0.25, -0.2) is 9.59 Å². The van der Waals surface area contributed by atoms with Crippen molar-refractivity contribution >= 4 is 23.6 Å². The van der Waals surface area contributed by atoms with Crippen LogP contribution in [-0.2, 0) is 9.59 Å². The van der Waals surface area contributed by atoms with Gasteiger partial charge in [0.15, 0.2) is 6.61 Å². The fourth-order valence-electron chi connectivity index (χ4n) is 2.64. The van der Waals surface area contributed by atoms with Gasteiger partial charge >= 0.3 is 12.0 Å². The summed E-state index contributed by atoms with van der Waals surface area (Å²) in [4.78, 5) is 38.0. The molecule has 0 saturated carbocycles. The van der Waals surface area contributed by atoms with Gasteiger partial charge in [-0.3, -0.25) is 4.79 Å². The normalized spacial score (nSPS) is 14.7. The van der Waals surface area contributed by atoms with Crippen LogP contribution < -0.4 is 10.1 Å². The fourth-order valence-corrected chi connectivity index (χ4v) is 2.64. The number of carboxylic acid groups (broad SMARTS) is 1. The number of carbonyl (C=O) groups is 3. The molecule has 2 N–H and O–H groups in total. The summed E-state index contributed by atoms with van der Waals surface area (Å²) in [5, 5.41) is 11.4. The van der Waals surface area contributed by atoms with Crippen LogP contribution in [0.4, 0.5) is 10.5 Å². The van der Waals surface area contributed by atoms with Gasteiger partial charge in [-0.2, -0.15) is 0 Å². The Kier molecular flexibility index (Phi) is 6.21. The quantitative estimate of drug-likeness (QED) is 0.839. The van der Waals surface area contributed by atoms with Crippen molar-refractivity contribution in [3.63, 3.8) is 0 Å². The highest BCUT2D eigenvalue weighted by Crippen LogP contribution is 2.21. The predicted molar refractivity (Wildman–Crippen MR) is 91.6 cm³/mol. The van der Waals surface area contributed by atoms with Gasteiger partial charge in [0, 0.05) is 38.8 Å². The zero-order chi connectivity index (χ0) is 18.4. The van der Waals surface area contributed by atoms with Crippen molar-refractivity contribution in [3.05, 3.63) is 24.3 Å². The SMILES string of the molecule is CN(C)C(=O)N1CCC(C(=O)Nc2ccc(OCC(=O)O)cc2)CC1. The molecule has 1 aromatic carbocycles. The van der Waals surface area contributed by atoms with Crippen LogP contribution in [0.5, 0.6) is 5.75 Å². The summed E-state index contributed by atoms with van der Waals surface area (Å²) < 4.78 is 5.04. The number of carbonyl (C=O) groups excluding carboxylic acids is 2. The van der Waals surface area contributed by atoms with E-state index in [1.54, 1.807) is 43.3 Å². The van der Waals surface area contributed by atoms with Gasteiger partial charge in [-0.05, 0) is 37.1 Å². The maximum absolute atomic E-state index is 12.3. The molecule has 1 aliphatic heterocycles. The molecule has 2 rings (SSSR count). The maximum Gasteiger partial charge on any atom is 0.341 e. The number of carboxylic acids is 1. The van der Waals surface area contributed by atoms with E-state index in [-0.39, 0.29) is 17.9 Å². The Morgan fingerprint density at radius 3 is 2.32 bits per heavy atom. The molecule has 8 heteroatoms. The van der Waals surface area contributed by atoms with E-state index in [1.807, 2.05) is 0 Å². The molecule has 3 amide bonds. The number of amides is 3. The Bertz CT molecular complexity index is 622. The van der Waals surface area contributed by atoms with Crippen LogP contribution in [0.1, 0.15) is 12.8 Å². The second-order valence-corrected chi connectivity index (χ2v) is 6.13.